The van der Waals surface area contributed by atoms with E-state index in [9.17, 15) is 4.79 Å². The monoisotopic (exact) mass is 271 g/mol. The van der Waals surface area contributed by atoms with E-state index in [2.05, 4.69) is 4.98 Å². The normalized spacial score (nSPS) is 10.8. The number of hydrogen-bond acceptors (Lipinski definition) is 3. The van der Waals surface area contributed by atoms with E-state index >= 15 is 0 Å². The van der Waals surface area contributed by atoms with E-state index < -0.39 is 0 Å². The van der Waals surface area contributed by atoms with E-state index in [0.717, 1.165) is 11.1 Å². The Hall–Kier alpha value is -2.13. The van der Waals surface area contributed by atoms with Crippen LogP contribution < -0.4 is 5.43 Å². The number of rotatable bonds is 1. The van der Waals surface area contributed by atoms with Crippen molar-refractivity contribution in [1.29, 1.82) is 0 Å². The fraction of sp³-hybridized carbons (Fsp3) is 0.0667. The number of halogens is 1. The van der Waals surface area contributed by atoms with Crippen molar-refractivity contribution in [2.45, 2.75) is 6.92 Å². The summed E-state index contributed by atoms with van der Waals surface area (Å²) in [6.07, 6.45) is 3.33. The van der Waals surface area contributed by atoms with Gasteiger partial charge in [-0.2, -0.15) is 0 Å². The van der Waals surface area contributed by atoms with Crippen molar-refractivity contribution in [3.8, 4) is 11.3 Å². The topological polar surface area (TPSA) is 43.1 Å². The minimum absolute atomic E-state index is 0.109. The summed E-state index contributed by atoms with van der Waals surface area (Å²) in [6.45, 7) is 1.87. The van der Waals surface area contributed by atoms with Crippen molar-refractivity contribution in [1.82, 2.24) is 4.98 Å². The van der Waals surface area contributed by atoms with E-state index in [1.807, 2.05) is 13.0 Å². The molecule has 0 amide bonds. The van der Waals surface area contributed by atoms with Gasteiger partial charge in [0, 0.05) is 29.0 Å². The molecular formula is C15H10ClNO2. The lowest BCUT2D eigenvalue weighted by Crippen LogP contribution is -2.00. The standard InChI is InChI=1S/C15H10ClNO2/c1-9-5-15-11(6-12(9)16)13(18)7-14(19-15)10-3-2-4-17-8-10/h2-8H,1H3. The molecule has 0 atom stereocenters. The molecule has 3 aromatic rings. The molecule has 0 aliphatic rings. The van der Waals surface area contributed by atoms with Crippen LogP contribution in [0.1, 0.15) is 5.56 Å². The van der Waals surface area contributed by atoms with E-state index in [1.165, 1.54) is 6.07 Å². The Kier molecular flexibility index (Phi) is 2.84. The van der Waals surface area contributed by atoms with Gasteiger partial charge in [0.2, 0.25) is 0 Å². The lowest BCUT2D eigenvalue weighted by atomic mass is 10.1. The number of fused-ring (bicyclic) bond motifs is 1. The first kappa shape index (κ1) is 11.9. The first-order chi connectivity index (χ1) is 9.15. The smallest absolute Gasteiger partial charge is 0.193 e. The van der Waals surface area contributed by atoms with Crippen LogP contribution in [0.2, 0.25) is 5.02 Å². The van der Waals surface area contributed by atoms with E-state index in [-0.39, 0.29) is 5.43 Å². The van der Waals surface area contributed by atoms with Crippen LogP contribution in [0.15, 0.2) is 51.9 Å². The maximum Gasteiger partial charge on any atom is 0.193 e. The third-order valence-corrected chi connectivity index (χ3v) is 3.36. The summed E-state index contributed by atoms with van der Waals surface area (Å²) in [6, 6.07) is 8.53. The number of benzene rings is 1. The molecule has 94 valence electrons. The van der Waals surface area contributed by atoms with Crippen LogP contribution in [-0.2, 0) is 0 Å². The SMILES string of the molecule is Cc1cc2oc(-c3cccnc3)cc(=O)c2cc1Cl. The Morgan fingerprint density at radius 3 is 2.84 bits per heavy atom. The molecule has 0 aliphatic carbocycles. The van der Waals surface area contributed by atoms with Crippen LogP contribution in [-0.4, -0.2) is 4.98 Å². The molecule has 2 aromatic heterocycles. The largest absolute Gasteiger partial charge is 0.456 e. The lowest BCUT2D eigenvalue weighted by Gasteiger charge is -2.04. The average molecular weight is 272 g/mol. The first-order valence-electron chi connectivity index (χ1n) is 5.79. The van der Waals surface area contributed by atoms with Crippen LogP contribution in [0.3, 0.4) is 0 Å². The molecule has 0 unspecified atom stereocenters. The summed E-state index contributed by atoms with van der Waals surface area (Å²) in [5.41, 5.74) is 2.07. The van der Waals surface area contributed by atoms with Gasteiger partial charge in [0.15, 0.2) is 5.43 Å². The molecule has 0 bridgehead atoms. The lowest BCUT2D eigenvalue weighted by molar-refractivity contribution is 0.618. The van der Waals surface area contributed by atoms with Gasteiger partial charge in [0.05, 0.1) is 5.39 Å². The molecule has 0 fully saturated rings. The van der Waals surface area contributed by atoms with Crippen LogP contribution in [0.25, 0.3) is 22.3 Å². The molecular weight excluding hydrogens is 262 g/mol. The van der Waals surface area contributed by atoms with Crippen LogP contribution in [0.5, 0.6) is 0 Å². The Labute approximate surface area is 114 Å². The quantitative estimate of drug-likeness (QED) is 0.676. The van der Waals surface area contributed by atoms with Crippen LogP contribution in [0.4, 0.5) is 0 Å². The summed E-state index contributed by atoms with van der Waals surface area (Å²) in [5, 5.41) is 1.05. The van der Waals surface area contributed by atoms with Gasteiger partial charge in [-0.15, -0.1) is 0 Å². The Morgan fingerprint density at radius 1 is 1.26 bits per heavy atom. The summed E-state index contributed by atoms with van der Waals surface area (Å²) < 4.78 is 5.77. The van der Waals surface area contributed by atoms with Crippen molar-refractivity contribution in [3.05, 3.63) is 63.5 Å². The number of nitrogens with zero attached hydrogens (tertiary/aromatic N) is 1. The van der Waals surface area contributed by atoms with Gasteiger partial charge in [-0.25, -0.2) is 0 Å². The highest BCUT2D eigenvalue weighted by molar-refractivity contribution is 6.32. The van der Waals surface area contributed by atoms with Gasteiger partial charge in [-0.05, 0) is 36.8 Å². The predicted octanol–water partition coefficient (Wildman–Crippen LogP) is 3.82. The summed E-state index contributed by atoms with van der Waals surface area (Å²) in [4.78, 5) is 16.1. The molecule has 0 saturated heterocycles. The molecule has 3 nitrogen and oxygen atoms in total. The zero-order chi connectivity index (χ0) is 13.4. The van der Waals surface area contributed by atoms with Crippen LogP contribution in [0, 0.1) is 6.92 Å². The minimum atomic E-state index is -0.109. The Bertz CT molecular complexity index is 809. The fourth-order valence-electron chi connectivity index (χ4n) is 1.93. The molecule has 0 spiro atoms. The van der Waals surface area contributed by atoms with Gasteiger partial charge in [-0.1, -0.05) is 11.6 Å². The highest BCUT2D eigenvalue weighted by atomic mass is 35.5. The summed E-state index contributed by atoms with van der Waals surface area (Å²) >= 11 is 6.03. The molecule has 2 heterocycles. The summed E-state index contributed by atoms with van der Waals surface area (Å²) in [7, 11) is 0. The fourth-order valence-corrected chi connectivity index (χ4v) is 2.09. The van der Waals surface area contributed by atoms with E-state index in [4.69, 9.17) is 16.0 Å². The molecule has 0 aliphatic heterocycles. The van der Waals surface area contributed by atoms with Crippen molar-refractivity contribution in [3.63, 3.8) is 0 Å². The molecule has 1 aromatic carbocycles. The predicted molar refractivity (Wildman–Crippen MR) is 75.5 cm³/mol. The molecule has 0 radical (unpaired) electrons. The van der Waals surface area contributed by atoms with Gasteiger partial charge in [0.25, 0.3) is 0 Å². The maximum atomic E-state index is 12.1. The minimum Gasteiger partial charge on any atom is -0.456 e. The first-order valence-corrected chi connectivity index (χ1v) is 6.17. The van der Waals surface area contributed by atoms with E-state index in [0.29, 0.717) is 21.8 Å². The Morgan fingerprint density at radius 2 is 2.11 bits per heavy atom. The number of pyridine rings is 1. The van der Waals surface area contributed by atoms with Gasteiger partial charge >= 0.3 is 0 Å². The zero-order valence-electron chi connectivity index (χ0n) is 10.2. The van der Waals surface area contributed by atoms with Gasteiger partial charge < -0.3 is 4.42 Å². The third kappa shape index (κ3) is 2.13. The molecule has 0 N–H and O–H groups in total. The third-order valence-electron chi connectivity index (χ3n) is 2.95. The van der Waals surface area contributed by atoms with Crippen molar-refractivity contribution in [2.24, 2.45) is 0 Å². The number of hydrogen-bond donors (Lipinski definition) is 0. The highest BCUT2D eigenvalue weighted by Gasteiger charge is 2.09. The molecule has 19 heavy (non-hydrogen) atoms. The number of aromatic nitrogens is 1. The molecule has 0 saturated carbocycles. The molecule has 3 rings (SSSR count). The van der Waals surface area contributed by atoms with E-state index in [1.54, 1.807) is 30.6 Å². The van der Waals surface area contributed by atoms with Gasteiger partial charge in [0.1, 0.15) is 11.3 Å². The zero-order valence-corrected chi connectivity index (χ0v) is 10.9. The number of aryl methyl sites for hydroxylation is 1. The maximum absolute atomic E-state index is 12.1. The second-order valence-corrected chi connectivity index (χ2v) is 4.72. The summed E-state index contributed by atoms with van der Waals surface area (Å²) in [5.74, 6) is 0.507. The Balaban J connectivity index is 2.31. The molecule has 4 heteroatoms. The van der Waals surface area contributed by atoms with Gasteiger partial charge in [-0.3, -0.25) is 9.78 Å². The second kappa shape index (κ2) is 4.52. The van der Waals surface area contributed by atoms with Crippen molar-refractivity contribution < 1.29 is 4.42 Å². The van der Waals surface area contributed by atoms with Crippen molar-refractivity contribution in [2.75, 3.05) is 0 Å². The second-order valence-electron chi connectivity index (χ2n) is 4.31. The highest BCUT2D eigenvalue weighted by Crippen LogP contribution is 2.25. The van der Waals surface area contributed by atoms with Crippen molar-refractivity contribution >= 4 is 22.6 Å². The van der Waals surface area contributed by atoms with Crippen LogP contribution >= 0.6 is 11.6 Å². The average Bonchev–Trinajstić information content (AvgIpc) is 2.42.